The van der Waals surface area contributed by atoms with Crippen molar-refractivity contribution in [3.05, 3.63) is 47.3 Å². The van der Waals surface area contributed by atoms with Gasteiger partial charge in [-0.2, -0.15) is 18.2 Å². The maximum atomic E-state index is 12.6. The van der Waals surface area contributed by atoms with Crippen molar-refractivity contribution >= 4 is 29.5 Å². The zero-order valence-corrected chi connectivity index (χ0v) is 13.6. The Kier molecular flexibility index (Phi) is 4.11. The van der Waals surface area contributed by atoms with Gasteiger partial charge in [0, 0.05) is 6.42 Å². The average molecular weight is 365 g/mol. The van der Waals surface area contributed by atoms with Gasteiger partial charge in [0.2, 0.25) is 0 Å². The number of alkyl halides is 5. The maximum absolute atomic E-state index is 12.6. The molecular formula is C15H15Cl2F3N3+. The summed E-state index contributed by atoms with van der Waals surface area (Å²) in [6.45, 7) is 2.15. The lowest BCUT2D eigenvalue weighted by Crippen LogP contribution is -2.53. The van der Waals surface area contributed by atoms with Crippen LogP contribution in [0, 0.1) is 0 Å². The lowest BCUT2D eigenvalue weighted by atomic mass is 10.1. The minimum Gasteiger partial charge on any atom is -0.381 e. The van der Waals surface area contributed by atoms with E-state index < -0.39 is 16.2 Å². The average Bonchev–Trinajstić information content (AvgIpc) is 2.78. The van der Waals surface area contributed by atoms with E-state index in [2.05, 4.69) is 10.3 Å². The molecule has 0 spiro atoms. The predicted octanol–water partition coefficient (Wildman–Crippen LogP) is 3.68. The highest BCUT2D eigenvalue weighted by atomic mass is 35.5. The Morgan fingerprint density at radius 1 is 1.22 bits per heavy atom. The molecule has 23 heavy (non-hydrogen) atoms. The Morgan fingerprint density at radius 3 is 2.57 bits per heavy atom. The molecule has 124 valence electrons. The van der Waals surface area contributed by atoms with Gasteiger partial charge in [-0.25, -0.2) is 4.48 Å². The first-order chi connectivity index (χ1) is 10.7. The monoisotopic (exact) mass is 364 g/mol. The normalized spacial score (nSPS) is 25.7. The minimum absolute atomic E-state index is 0.432. The lowest BCUT2D eigenvalue weighted by molar-refractivity contribution is -0.793. The third kappa shape index (κ3) is 3.20. The lowest BCUT2D eigenvalue weighted by Gasteiger charge is -2.36. The van der Waals surface area contributed by atoms with Gasteiger partial charge in [0.05, 0.1) is 24.9 Å². The SMILES string of the molecule is FC(F)(F)c1ccc(CC[N+]23C=NC(Cl)(Cl)C2=CNCC3)cc1. The Hall–Kier alpha value is -1.24. The molecule has 2 aliphatic heterocycles. The van der Waals surface area contributed by atoms with Gasteiger partial charge in [0.15, 0.2) is 12.0 Å². The van der Waals surface area contributed by atoms with Gasteiger partial charge in [-0.1, -0.05) is 35.3 Å². The van der Waals surface area contributed by atoms with Crippen LogP contribution in [0.2, 0.25) is 0 Å². The second-order valence-corrected chi connectivity index (χ2v) is 6.98. The van der Waals surface area contributed by atoms with Crippen LogP contribution in [0.25, 0.3) is 0 Å². The number of benzene rings is 1. The third-order valence-corrected chi connectivity index (χ3v) is 4.79. The van der Waals surface area contributed by atoms with Crippen molar-refractivity contribution in [3.63, 3.8) is 0 Å². The molecule has 2 aliphatic rings. The van der Waals surface area contributed by atoms with Crippen LogP contribution in [0.5, 0.6) is 0 Å². The molecule has 2 heterocycles. The topological polar surface area (TPSA) is 24.4 Å². The summed E-state index contributed by atoms with van der Waals surface area (Å²) in [5.74, 6) is 0. The van der Waals surface area contributed by atoms with Crippen LogP contribution in [0.15, 0.2) is 41.2 Å². The van der Waals surface area contributed by atoms with E-state index in [1.54, 1.807) is 12.5 Å². The number of hydrogen-bond acceptors (Lipinski definition) is 2. The summed E-state index contributed by atoms with van der Waals surface area (Å²) >= 11 is 12.4. The van der Waals surface area contributed by atoms with Crippen molar-refractivity contribution in [2.45, 2.75) is 17.1 Å². The van der Waals surface area contributed by atoms with Gasteiger partial charge in [-0.05, 0) is 17.7 Å². The Balaban J connectivity index is 1.74. The number of nitrogens with one attached hydrogen (secondary N) is 1. The van der Waals surface area contributed by atoms with Gasteiger partial charge in [-0.3, -0.25) is 0 Å². The van der Waals surface area contributed by atoms with Crippen molar-refractivity contribution in [1.29, 1.82) is 0 Å². The van der Waals surface area contributed by atoms with Crippen LogP contribution in [-0.2, 0) is 12.6 Å². The van der Waals surface area contributed by atoms with E-state index >= 15 is 0 Å². The number of rotatable bonds is 3. The summed E-state index contributed by atoms with van der Waals surface area (Å²) in [7, 11) is 0. The Labute approximate surface area is 142 Å². The van der Waals surface area contributed by atoms with Crippen LogP contribution in [-0.4, -0.2) is 34.9 Å². The molecular weight excluding hydrogens is 350 g/mol. The molecule has 3 nitrogen and oxygen atoms in total. The van der Waals surface area contributed by atoms with E-state index in [0.29, 0.717) is 17.4 Å². The quantitative estimate of drug-likeness (QED) is 0.493. The molecule has 0 amide bonds. The summed E-state index contributed by atoms with van der Waals surface area (Å²) in [4.78, 5) is 4.16. The molecule has 0 radical (unpaired) electrons. The van der Waals surface area contributed by atoms with Crippen LogP contribution in [0.4, 0.5) is 13.2 Å². The van der Waals surface area contributed by atoms with Crippen LogP contribution in [0.3, 0.4) is 0 Å². The Morgan fingerprint density at radius 2 is 1.91 bits per heavy atom. The van der Waals surface area contributed by atoms with Crippen molar-refractivity contribution in [2.75, 3.05) is 19.6 Å². The molecule has 0 fully saturated rings. The highest BCUT2D eigenvalue weighted by Crippen LogP contribution is 2.42. The molecule has 0 aromatic heterocycles. The highest BCUT2D eigenvalue weighted by molar-refractivity contribution is 6.50. The van der Waals surface area contributed by atoms with Crippen molar-refractivity contribution in [3.8, 4) is 0 Å². The maximum Gasteiger partial charge on any atom is 0.416 e. The predicted molar refractivity (Wildman–Crippen MR) is 84.2 cm³/mol. The first-order valence-electron chi connectivity index (χ1n) is 7.15. The molecule has 1 aromatic rings. The van der Waals surface area contributed by atoms with Crippen LogP contribution in [0.1, 0.15) is 11.1 Å². The highest BCUT2D eigenvalue weighted by Gasteiger charge is 2.51. The van der Waals surface area contributed by atoms with E-state index in [1.807, 2.05) is 0 Å². The van der Waals surface area contributed by atoms with Gasteiger partial charge in [-0.15, -0.1) is 0 Å². The fraction of sp³-hybridized carbons (Fsp3) is 0.400. The molecule has 1 N–H and O–H groups in total. The van der Waals surface area contributed by atoms with E-state index in [0.717, 1.165) is 36.5 Å². The second kappa shape index (κ2) is 5.69. The fourth-order valence-corrected chi connectivity index (χ4v) is 3.42. The largest absolute Gasteiger partial charge is 0.416 e. The van der Waals surface area contributed by atoms with E-state index in [4.69, 9.17) is 23.2 Å². The minimum atomic E-state index is -4.31. The molecule has 0 saturated heterocycles. The van der Waals surface area contributed by atoms with Gasteiger partial charge >= 0.3 is 6.18 Å². The molecule has 0 saturated carbocycles. The first-order valence-corrected chi connectivity index (χ1v) is 7.90. The van der Waals surface area contributed by atoms with Gasteiger partial charge in [0.25, 0.3) is 4.46 Å². The number of nitrogens with zero attached hydrogens (tertiary/aromatic N) is 2. The summed E-state index contributed by atoms with van der Waals surface area (Å²) in [6.07, 6.45) is -0.196. The molecule has 0 aliphatic carbocycles. The number of aliphatic imine (C=N–C) groups is 1. The number of hydrogen-bond donors (Lipinski definition) is 1. The first kappa shape index (κ1) is 16.6. The number of halogens is 5. The van der Waals surface area contributed by atoms with Crippen molar-refractivity contribution < 1.29 is 17.7 Å². The van der Waals surface area contributed by atoms with Crippen molar-refractivity contribution in [1.82, 2.24) is 5.32 Å². The standard InChI is InChI=1S/C15H15Cl2F3N3/c16-14(17)13-9-21-6-8-23(13,10-22-14)7-5-11-1-3-12(4-2-11)15(18,19)20/h1-4,9-10,21H,5-8H2/q+1. The number of quaternary nitrogens is 1. The molecule has 3 rings (SSSR count). The summed E-state index contributed by atoms with van der Waals surface area (Å²) < 4.78 is 36.9. The van der Waals surface area contributed by atoms with E-state index in [1.165, 1.54) is 12.1 Å². The number of fused-ring (bicyclic) bond motifs is 1. The van der Waals surface area contributed by atoms with Gasteiger partial charge < -0.3 is 5.32 Å². The fourth-order valence-electron chi connectivity index (χ4n) is 2.88. The van der Waals surface area contributed by atoms with Crippen molar-refractivity contribution in [2.24, 2.45) is 4.99 Å². The molecule has 1 aromatic carbocycles. The summed E-state index contributed by atoms with van der Waals surface area (Å²) in [5.41, 5.74) is 0.941. The molecule has 0 bridgehead atoms. The molecule has 1 unspecified atom stereocenters. The summed E-state index contributed by atoms with van der Waals surface area (Å²) in [6, 6.07) is 5.23. The second-order valence-electron chi connectivity index (χ2n) is 5.70. The van der Waals surface area contributed by atoms with Crippen LogP contribution >= 0.6 is 23.2 Å². The molecule has 1 atom stereocenters. The van der Waals surface area contributed by atoms with Gasteiger partial charge in [0.1, 0.15) is 6.54 Å². The van der Waals surface area contributed by atoms with E-state index in [9.17, 15) is 13.2 Å². The third-order valence-electron chi connectivity index (χ3n) is 4.20. The smallest absolute Gasteiger partial charge is 0.381 e. The summed E-state index contributed by atoms with van der Waals surface area (Å²) in [5, 5.41) is 3.11. The Bertz CT molecular complexity index is 653. The van der Waals surface area contributed by atoms with Crippen LogP contribution < -0.4 is 5.32 Å². The zero-order valence-electron chi connectivity index (χ0n) is 12.1. The van der Waals surface area contributed by atoms with E-state index in [-0.39, 0.29) is 0 Å². The zero-order chi connectivity index (χ0) is 16.7. The molecule has 8 heteroatoms.